The molecule has 1 aromatic carbocycles. The molecule has 3 rings (SSSR count). The lowest BCUT2D eigenvalue weighted by molar-refractivity contribution is 0.0779. The molecule has 0 unspecified atom stereocenters. The zero-order chi connectivity index (χ0) is 14.8. The molecule has 2 aromatic rings. The summed E-state index contributed by atoms with van der Waals surface area (Å²) in [7, 11) is 1.78. The van der Waals surface area contributed by atoms with Crippen molar-refractivity contribution in [2.24, 2.45) is 0 Å². The quantitative estimate of drug-likeness (QED) is 0.870. The Bertz CT molecular complexity index is 688. The summed E-state index contributed by atoms with van der Waals surface area (Å²) < 4.78 is 18.7. The van der Waals surface area contributed by atoms with Crippen LogP contribution in [0.1, 0.15) is 21.6 Å². The number of hydrogen-bond acceptors (Lipinski definition) is 3. The highest BCUT2D eigenvalue weighted by Crippen LogP contribution is 2.20. The topological polar surface area (TPSA) is 42.4 Å². The van der Waals surface area contributed by atoms with Gasteiger partial charge in [-0.3, -0.25) is 4.79 Å². The number of aromatic nitrogens is 1. The number of rotatable bonds is 3. The van der Waals surface area contributed by atoms with Crippen LogP contribution in [0.3, 0.4) is 0 Å². The Hall–Kier alpha value is -2.43. The van der Waals surface area contributed by atoms with Gasteiger partial charge in [0, 0.05) is 26.1 Å². The minimum Gasteiger partial charge on any atom is -0.473 e. The van der Waals surface area contributed by atoms with Crippen molar-refractivity contribution in [1.29, 1.82) is 0 Å². The molecule has 1 amide bonds. The van der Waals surface area contributed by atoms with Gasteiger partial charge in [-0.05, 0) is 23.8 Å². The van der Waals surface area contributed by atoms with Crippen LogP contribution in [0.5, 0.6) is 5.88 Å². The van der Waals surface area contributed by atoms with Crippen molar-refractivity contribution in [2.45, 2.75) is 13.0 Å². The van der Waals surface area contributed by atoms with Gasteiger partial charge in [-0.1, -0.05) is 12.1 Å². The Morgan fingerprint density at radius 1 is 1.33 bits per heavy atom. The zero-order valence-electron chi connectivity index (χ0n) is 11.7. The maximum absolute atomic E-state index is 13.1. The summed E-state index contributed by atoms with van der Waals surface area (Å²) in [5.74, 6) is 0.152. The number of likely N-dealkylation sites (N-methyl/N-ethyl adjacent to an activating group) is 1. The molecule has 1 aromatic heterocycles. The van der Waals surface area contributed by atoms with Crippen LogP contribution in [-0.4, -0.2) is 29.4 Å². The Labute approximate surface area is 122 Å². The van der Waals surface area contributed by atoms with E-state index in [1.54, 1.807) is 36.2 Å². The molecule has 0 saturated heterocycles. The van der Waals surface area contributed by atoms with E-state index < -0.39 is 0 Å². The third kappa shape index (κ3) is 2.86. The van der Waals surface area contributed by atoms with Gasteiger partial charge >= 0.3 is 0 Å². The predicted molar refractivity (Wildman–Crippen MR) is 75.6 cm³/mol. The van der Waals surface area contributed by atoms with Crippen molar-refractivity contribution in [3.63, 3.8) is 0 Å². The third-order valence-electron chi connectivity index (χ3n) is 3.49. The van der Waals surface area contributed by atoms with Crippen molar-refractivity contribution >= 4 is 5.91 Å². The van der Waals surface area contributed by atoms with Gasteiger partial charge in [0.2, 0.25) is 5.88 Å². The third-order valence-corrected chi connectivity index (χ3v) is 3.49. The van der Waals surface area contributed by atoms with Crippen LogP contribution in [0.25, 0.3) is 0 Å². The van der Waals surface area contributed by atoms with Crippen molar-refractivity contribution in [2.75, 3.05) is 13.6 Å². The maximum Gasteiger partial charge on any atom is 0.255 e. The van der Waals surface area contributed by atoms with Gasteiger partial charge < -0.3 is 9.64 Å². The van der Waals surface area contributed by atoms with Crippen LogP contribution < -0.4 is 4.74 Å². The second-order valence-corrected chi connectivity index (χ2v) is 5.04. The van der Waals surface area contributed by atoms with E-state index in [1.807, 2.05) is 0 Å². The second kappa shape index (κ2) is 5.52. The number of halogens is 1. The number of amides is 1. The van der Waals surface area contributed by atoms with Gasteiger partial charge in [0.15, 0.2) is 0 Å². The molecule has 108 valence electrons. The fourth-order valence-electron chi connectivity index (χ4n) is 2.31. The number of nitrogens with zero attached hydrogens (tertiary/aromatic N) is 2. The van der Waals surface area contributed by atoms with Crippen LogP contribution in [0.15, 0.2) is 36.4 Å². The molecule has 0 fully saturated rings. The highest BCUT2D eigenvalue weighted by atomic mass is 19.1. The summed E-state index contributed by atoms with van der Waals surface area (Å²) in [6.07, 6.45) is 0.717. The van der Waals surface area contributed by atoms with Crippen LogP contribution in [0.2, 0.25) is 0 Å². The van der Waals surface area contributed by atoms with Crippen molar-refractivity contribution in [1.82, 2.24) is 9.88 Å². The molecule has 0 bridgehead atoms. The fraction of sp³-hybridized carbons (Fsp3) is 0.250. The normalized spacial score (nSPS) is 14.0. The van der Waals surface area contributed by atoms with Gasteiger partial charge in [0.05, 0.1) is 11.3 Å². The fourth-order valence-corrected chi connectivity index (χ4v) is 2.31. The molecule has 0 spiro atoms. The minimum atomic E-state index is -0.289. The summed E-state index contributed by atoms with van der Waals surface area (Å²) in [5, 5.41) is 0. The van der Waals surface area contributed by atoms with Gasteiger partial charge in [-0.25, -0.2) is 9.37 Å². The first-order chi connectivity index (χ1) is 10.1. The Morgan fingerprint density at radius 2 is 2.19 bits per heavy atom. The average Bonchev–Trinajstić information content (AvgIpc) is 2.49. The standard InChI is InChI=1S/C16H15FN2O2/c1-19-8-7-14-13(16(19)20)5-6-15(18-14)21-10-11-3-2-4-12(17)9-11/h2-6,9H,7-8,10H2,1H3. The minimum absolute atomic E-state index is 0.0135. The highest BCUT2D eigenvalue weighted by molar-refractivity contribution is 5.96. The van der Waals surface area contributed by atoms with E-state index in [9.17, 15) is 9.18 Å². The predicted octanol–water partition coefficient (Wildman–Crippen LogP) is 2.43. The maximum atomic E-state index is 13.1. The summed E-state index contributed by atoms with van der Waals surface area (Å²) in [4.78, 5) is 18.0. The van der Waals surface area contributed by atoms with Crippen molar-refractivity contribution in [3.8, 4) is 5.88 Å². The molecule has 5 heteroatoms. The lowest BCUT2D eigenvalue weighted by Crippen LogP contribution is -2.34. The average molecular weight is 286 g/mol. The largest absolute Gasteiger partial charge is 0.473 e. The molecule has 0 aliphatic carbocycles. The van der Waals surface area contributed by atoms with Gasteiger partial charge in [-0.15, -0.1) is 0 Å². The monoisotopic (exact) mass is 286 g/mol. The molecule has 1 aliphatic heterocycles. The van der Waals surface area contributed by atoms with E-state index in [-0.39, 0.29) is 18.3 Å². The van der Waals surface area contributed by atoms with Crippen molar-refractivity contribution in [3.05, 3.63) is 59.0 Å². The van der Waals surface area contributed by atoms with E-state index in [4.69, 9.17) is 4.74 Å². The molecule has 2 heterocycles. The highest BCUT2D eigenvalue weighted by Gasteiger charge is 2.22. The molecule has 4 nitrogen and oxygen atoms in total. The number of pyridine rings is 1. The Balaban J connectivity index is 1.74. The number of hydrogen-bond donors (Lipinski definition) is 0. The summed E-state index contributed by atoms with van der Waals surface area (Å²) >= 11 is 0. The first kappa shape index (κ1) is 13.5. The molecular weight excluding hydrogens is 271 g/mol. The van der Waals surface area contributed by atoms with E-state index in [0.29, 0.717) is 18.0 Å². The summed E-state index contributed by atoms with van der Waals surface area (Å²) in [6, 6.07) is 9.67. The summed E-state index contributed by atoms with van der Waals surface area (Å²) in [6.45, 7) is 0.906. The smallest absolute Gasteiger partial charge is 0.255 e. The molecule has 21 heavy (non-hydrogen) atoms. The van der Waals surface area contributed by atoms with Crippen LogP contribution in [-0.2, 0) is 13.0 Å². The number of ether oxygens (including phenoxy) is 1. The Morgan fingerprint density at radius 3 is 3.00 bits per heavy atom. The van der Waals surface area contributed by atoms with E-state index >= 15 is 0 Å². The molecule has 0 N–H and O–H groups in total. The molecule has 0 atom stereocenters. The van der Waals surface area contributed by atoms with Crippen LogP contribution >= 0.6 is 0 Å². The number of carbonyl (C=O) groups is 1. The molecular formula is C16H15FN2O2. The van der Waals surface area contributed by atoms with Gasteiger partial charge in [0.25, 0.3) is 5.91 Å². The van der Waals surface area contributed by atoms with Gasteiger partial charge in [-0.2, -0.15) is 0 Å². The number of carbonyl (C=O) groups excluding carboxylic acids is 1. The van der Waals surface area contributed by atoms with Crippen molar-refractivity contribution < 1.29 is 13.9 Å². The van der Waals surface area contributed by atoms with E-state index in [2.05, 4.69) is 4.98 Å². The van der Waals surface area contributed by atoms with Crippen LogP contribution in [0.4, 0.5) is 4.39 Å². The lowest BCUT2D eigenvalue weighted by atomic mass is 10.1. The SMILES string of the molecule is CN1CCc2nc(OCc3cccc(F)c3)ccc2C1=O. The second-order valence-electron chi connectivity index (χ2n) is 5.04. The first-order valence-electron chi connectivity index (χ1n) is 6.76. The number of fused-ring (bicyclic) bond motifs is 1. The zero-order valence-corrected chi connectivity index (χ0v) is 11.7. The van der Waals surface area contributed by atoms with Crippen LogP contribution in [0, 0.1) is 5.82 Å². The first-order valence-corrected chi connectivity index (χ1v) is 6.76. The summed E-state index contributed by atoms with van der Waals surface area (Å²) in [5.41, 5.74) is 2.13. The molecule has 0 saturated carbocycles. The number of benzene rings is 1. The van der Waals surface area contributed by atoms with E-state index in [1.165, 1.54) is 12.1 Å². The Kier molecular flexibility index (Phi) is 3.56. The molecule has 1 aliphatic rings. The lowest BCUT2D eigenvalue weighted by Gasteiger charge is -2.24. The molecule has 0 radical (unpaired) electrons. The van der Waals surface area contributed by atoms with Gasteiger partial charge in [0.1, 0.15) is 12.4 Å². The van der Waals surface area contributed by atoms with E-state index in [0.717, 1.165) is 17.7 Å².